The molecule has 1 aliphatic heterocycles. The Morgan fingerprint density at radius 2 is 2.31 bits per heavy atom. The number of hydrogen-bond donors (Lipinski definition) is 2. The number of carbonyl (C=O) groups is 1. The Morgan fingerprint density at radius 3 is 2.88 bits per heavy atom. The summed E-state index contributed by atoms with van der Waals surface area (Å²) in [6.45, 7) is 3.37. The number of furan rings is 1. The molecule has 1 aromatic rings. The molecule has 2 N–H and O–H groups in total. The van der Waals surface area contributed by atoms with E-state index in [1.165, 1.54) is 6.92 Å². The third kappa shape index (κ3) is 1.86. The monoisotopic (exact) mass is 236 g/mol. The van der Waals surface area contributed by atoms with Gasteiger partial charge in [0.1, 0.15) is 11.8 Å². The van der Waals surface area contributed by atoms with Crippen LogP contribution in [0.15, 0.2) is 34.1 Å². The average molecular weight is 236 g/mol. The second-order valence-electron chi connectivity index (χ2n) is 3.64. The summed E-state index contributed by atoms with van der Waals surface area (Å²) in [6, 6.07) is 3.32. The molecule has 16 heavy (non-hydrogen) atoms. The first-order valence-electron chi connectivity index (χ1n) is 4.92. The van der Waals surface area contributed by atoms with Crippen molar-refractivity contribution in [1.29, 1.82) is 0 Å². The Labute approximate surface area is 98.7 Å². The van der Waals surface area contributed by atoms with E-state index in [9.17, 15) is 4.79 Å². The Hall–Kier alpha value is -1.62. The van der Waals surface area contributed by atoms with Crippen molar-refractivity contribution < 1.29 is 9.21 Å². The van der Waals surface area contributed by atoms with Gasteiger partial charge in [0, 0.05) is 11.3 Å². The van der Waals surface area contributed by atoms with Crippen molar-refractivity contribution in [3.63, 3.8) is 0 Å². The third-order valence-corrected chi connectivity index (χ3v) is 2.70. The molecule has 1 aromatic heterocycles. The maximum Gasteiger partial charge on any atom is 0.171 e. The van der Waals surface area contributed by atoms with Gasteiger partial charge in [-0.3, -0.25) is 4.79 Å². The number of nitrogens with one attached hydrogen (secondary N) is 2. The SMILES string of the molecule is CC(=O)C1=C(C)NC(=S)N[C@H]1c1ccco1. The smallest absolute Gasteiger partial charge is 0.171 e. The van der Waals surface area contributed by atoms with Gasteiger partial charge in [0.15, 0.2) is 10.9 Å². The second kappa shape index (κ2) is 4.09. The number of hydrogen-bond acceptors (Lipinski definition) is 3. The summed E-state index contributed by atoms with van der Waals surface area (Å²) >= 11 is 5.06. The van der Waals surface area contributed by atoms with E-state index >= 15 is 0 Å². The summed E-state index contributed by atoms with van der Waals surface area (Å²) in [5.41, 5.74) is 1.43. The van der Waals surface area contributed by atoms with E-state index in [1.54, 1.807) is 12.3 Å². The van der Waals surface area contributed by atoms with Crippen LogP contribution in [0.5, 0.6) is 0 Å². The molecule has 0 bridgehead atoms. The van der Waals surface area contributed by atoms with Gasteiger partial charge in [0.2, 0.25) is 0 Å². The molecule has 1 atom stereocenters. The van der Waals surface area contributed by atoms with Crippen LogP contribution >= 0.6 is 12.2 Å². The van der Waals surface area contributed by atoms with Crippen molar-refractivity contribution in [2.75, 3.05) is 0 Å². The number of allylic oxidation sites excluding steroid dienone is 1. The minimum atomic E-state index is -0.291. The molecule has 0 saturated heterocycles. The molecule has 5 heteroatoms. The van der Waals surface area contributed by atoms with Crippen LogP contribution in [0.1, 0.15) is 25.6 Å². The molecule has 4 nitrogen and oxygen atoms in total. The second-order valence-corrected chi connectivity index (χ2v) is 4.05. The predicted octanol–water partition coefficient (Wildman–Crippen LogP) is 1.66. The molecule has 0 radical (unpaired) electrons. The molecular weight excluding hydrogens is 224 g/mol. The van der Waals surface area contributed by atoms with Gasteiger partial charge in [-0.1, -0.05) is 0 Å². The quantitative estimate of drug-likeness (QED) is 0.765. The van der Waals surface area contributed by atoms with Crippen molar-refractivity contribution in [3.05, 3.63) is 35.4 Å². The molecule has 0 fully saturated rings. The van der Waals surface area contributed by atoms with E-state index in [0.29, 0.717) is 16.4 Å². The Balaban J connectivity index is 2.46. The predicted molar refractivity (Wildman–Crippen MR) is 63.7 cm³/mol. The van der Waals surface area contributed by atoms with Crippen LogP contribution in [-0.4, -0.2) is 10.9 Å². The van der Waals surface area contributed by atoms with Gasteiger partial charge in [-0.2, -0.15) is 0 Å². The van der Waals surface area contributed by atoms with Crippen LogP contribution in [0.25, 0.3) is 0 Å². The van der Waals surface area contributed by atoms with Crippen LogP contribution in [0.3, 0.4) is 0 Å². The highest BCUT2D eigenvalue weighted by Gasteiger charge is 2.29. The first-order chi connectivity index (χ1) is 7.59. The van der Waals surface area contributed by atoms with Gasteiger partial charge in [0.25, 0.3) is 0 Å². The number of carbonyl (C=O) groups excluding carboxylic acids is 1. The highest BCUT2D eigenvalue weighted by Crippen LogP contribution is 2.27. The van der Waals surface area contributed by atoms with E-state index in [2.05, 4.69) is 10.6 Å². The fourth-order valence-corrected chi connectivity index (χ4v) is 2.10. The molecule has 0 unspecified atom stereocenters. The maximum atomic E-state index is 11.6. The Bertz CT molecular complexity index is 462. The first kappa shape index (κ1) is 10.9. The summed E-state index contributed by atoms with van der Waals surface area (Å²) in [7, 11) is 0. The molecule has 0 saturated carbocycles. The fraction of sp³-hybridized carbons (Fsp3) is 0.273. The molecule has 0 amide bonds. The Kier molecular flexibility index (Phi) is 2.78. The number of rotatable bonds is 2. The number of Topliss-reactive ketones (excluding diaryl/α,β-unsaturated/α-hetero) is 1. The zero-order valence-corrected chi connectivity index (χ0v) is 9.85. The Morgan fingerprint density at radius 1 is 1.56 bits per heavy atom. The lowest BCUT2D eigenvalue weighted by Crippen LogP contribution is -2.44. The van der Waals surface area contributed by atoms with Crippen molar-refractivity contribution in [3.8, 4) is 0 Å². The number of thiocarbonyl (C=S) groups is 1. The van der Waals surface area contributed by atoms with Crippen LogP contribution < -0.4 is 10.6 Å². The molecule has 0 aliphatic carbocycles. The van der Waals surface area contributed by atoms with E-state index in [-0.39, 0.29) is 11.8 Å². The first-order valence-corrected chi connectivity index (χ1v) is 5.33. The molecule has 84 valence electrons. The highest BCUT2D eigenvalue weighted by atomic mass is 32.1. The van der Waals surface area contributed by atoms with E-state index in [4.69, 9.17) is 16.6 Å². The summed E-state index contributed by atoms with van der Waals surface area (Å²) in [6.07, 6.45) is 1.58. The van der Waals surface area contributed by atoms with E-state index < -0.39 is 0 Å². The summed E-state index contributed by atoms with van der Waals surface area (Å²) in [5, 5.41) is 6.47. The summed E-state index contributed by atoms with van der Waals surface area (Å²) in [5.74, 6) is 0.690. The zero-order chi connectivity index (χ0) is 11.7. The van der Waals surface area contributed by atoms with Crippen LogP contribution in [0, 0.1) is 0 Å². The standard InChI is InChI=1S/C11H12N2O2S/c1-6-9(7(2)14)10(13-11(16)12-6)8-4-3-5-15-8/h3-5,10H,1-2H3,(H2,12,13,16)/t10-/m0/s1. The minimum Gasteiger partial charge on any atom is -0.467 e. The average Bonchev–Trinajstić information content (AvgIpc) is 2.67. The third-order valence-electron chi connectivity index (χ3n) is 2.48. The van der Waals surface area contributed by atoms with E-state index in [0.717, 1.165) is 5.70 Å². The molecule has 1 aliphatic rings. The van der Waals surface area contributed by atoms with Crippen molar-refractivity contribution in [2.45, 2.75) is 19.9 Å². The molecular formula is C11H12N2O2S. The molecule has 2 heterocycles. The largest absolute Gasteiger partial charge is 0.467 e. The van der Waals surface area contributed by atoms with Gasteiger partial charge < -0.3 is 15.1 Å². The van der Waals surface area contributed by atoms with Crippen molar-refractivity contribution in [2.24, 2.45) is 0 Å². The zero-order valence-electron chi connectivity index (χ0n) is 9.03. The van der Waals surface area contributed by atoms with Crippen LogP contribution in [0.4, 0.5) is 0 Å². The molecule has 2 rings (SSSR count). The molecule has 0 spiro atoms. The van der Waals surface area contributed by atoms with Crippen molar-refractivity contribution in [1.82, 2.24) is 10.6 Å². The van der Waals surface area contributed by atoms with Gasteiger partial charge in [-0.05, 0) is 38.2 Å². The molecule has 0 aromatic carbocycles. The van der Waals surface area contributed by atoms with Gasteiger partial charge in [-0.15, -0.1) is 0 Å². The minimum absolute atomic E-state index is 0.00130. The van der Waals surface area contributed by atoms with Crippen LogP contribution in [0.2, 0.25) is 0 Å². The van der Waals surface area contributed by atoms with Gasteiger partial charge in [-0.25, -0.2) is 0 Å². The maximum absolute atomic E-state index is 11.6. The highest BCUT2D eigenvalue weighted by molar-refractivity contribution is 7.80. The lowest BCUT2D eigenvalue weighted by molar-refractivity contribution is -0.114. The lowest BCUT2D eigenvalue weighted by Gasteiger charge is -2.28. The summed E-state index contributed by atoms with van der Waals surface area (Å²) < 4.78 is 5.31. The normalized spacial score (nSPS) is 20.4. The van der Waals surface area contributed by atoms with Crippen molar-refractivity contribution >= 4 is 23.1 Å². The fourth-order valence-electron chi connectivity index (χ4n) is 1.83. The van der Waals surface area contributed by atoms with Gasteiger partial charge >= 0.3 is 0 Å². The van der Waals surface area contributed by atoms with Gasteiger partial charge in [0.05, 0.1) is 6.26 Å². The van der Waals surface area contributed by atoms with Crippen LogP contribution in [-0.2, 0) is 4.79 Å². The summed E-state index contributed by atoms with van der Waals surface area (Å²) in [4.78, 5) is 11.6. The number of ketones is 1. The van der Waals surface area contributed by atoms with E-state index in [1.807, 2.05) is 13.0 Å². The topological polar surface area (TPSA) is 54.3 Å². The lowest BCUT2D eigenvalue weighted by atomic mass is 9.98.